The smallest absolute Gasteiger partial charge is 0.228 e. The lowest BCUT2D eigenvalue weighted by Crippen LogP contribution is -2.35. The van der Waals surface area contributed by atoms with Crippen LogP contribution < -0.4 is 10.6 Å². The van der Waals surface area contributed by atoms with E-state index in [0.717, 1.165) is 6.42 Å². The molecule has 2 fully saturated rings. The lowest BCUT2D eigenvalue weighted by Gasteiger charge is -2.26. The van der Waals surface area contributed by atoms with Gasteiger partial charge in [-0.25, -0.2) is 9.97 Å². The van der Waals surface area contributed by atoms with Gasteiger partial charge in [-0.05, 0) is 36.0 Å². The van der Waals surface area contributed by atoms with Gasteiger partial charge in [-0.3, -0.25) is 9.69 Å². The summed E-state index contributed by atoms with van der Waals surface area (Å²) in [7, 11) is 1.75. The summed E-state index contributed by atoms with van der Waals surface area (Å²) in [6.45, 7) is 2.50. The lowest BCUT2D eigenvalue weighted by atomic mass is 10.1. The van der Waals surface area contributed by atoms with Crippen molar-refractivity contribution < 1.29 is 12.3 Å². The zero-order valence-electron chi connectivity index (χ0n) is 21.1. The summed E-state index contributed by atoms with van der Waals surface area (Å²) in [5.41, 5.74) is 2.13. The van der Waals surface area contributed by atoms with Crippen LogP contribution in [0.4, 0.5) is 11.6 Å². The first kappa shape index (κ1) is 19.8. The fourth-order valence-electron chi connectivity index (χ4n) is 3.80. The lowest BCUT2D eigenvalue weighted by molar-refractivity contribution is -0.117. The Bertz CT molecular complexity index is 1350. The molecule has 174 valence electrons. The predicted molar refractivity (Wildman–Crippen MR) is 129 cm³/mol. The minimum Gasteiger partial charge on any atom is -0.379 e. The van der Waals surface area contributed by atoms with E-state index in [2.05, 4.69) is 42.6 Å². The van der Waals surface area contributed by atoms with Crippen LogP contribution in [0.3, 0.4) is 0 Å². The third kappa shape index (κ3) is 4.98. The van der Waals surface area contributed by atoms with Crippen molar-refractivity contribution in [1.82, 2.24) is 25.1 Å². The van der Waals surface area contributed by atoms with Gasteiger partial charge < -0.3 is 15.4 Å². The second-order valence-electron chi connectivity index (χ2n) is 8.46. The quantitative estimate of drug-likeness (QED) is 0.560. The highest BCUT2D eigenvalue weighted by atomic mass is 16.5. The number of ether oxygens (including phenoxy) is 1. The molecular formula is C25H27N7O2. The van der Waals surface area contributed by atoms with E-state index < -0.39 is 6.50 Å². The minimum absolute atomic E-state index is 0.0236. The molecule has 9 nitrogen and oxygen atoms in total. The molecule has 4 heterocycles. The number of hydrogen-bond acceptors (Lipinski definition) is 8. The molecule has 2 N–H and O–H groups in total. The van der Waals surface area contributed by atoms with Gasteiger partial charge in [0.2, 0.25) is 5.91 Å². The number of nitrogens with one attached hydrogen (secondary N) is 2. The molecule has 2 atom stereocenters. The van der Waals surface area contributed by atoms with Gasteiger partial charge in [-0.1, -0.05) is 18.9 Å². The number of anilines is 2. The van der Waals surface area contributed by atoms with Gasteiger partial charge in [0.05, 0.1) is 18.8 Å². The molecule has 0 bridgehead atoms. The average molecular weight is 460 g/mol. The van der Waals surface area contributed by atoms with Crippen molar-refractivity contribution in [2.45, 2.75) is 19.8 Å². The zero-order chi connectivity index (χ0) is 25.3. The topological polar surface area (TPSA) is 105 Å². The van der Waals surface area contributed by atoms with Crippen molar-refractivity contribution in [2.75, 3.05) is 44.0 Å². The second kappa shape index (κ2) is 9.71. The number of pyridine rings is 2. The summed E-state index contributed by atoms with van der Waals surface area (Å²) in [6.07, 6.45) is 4.05. The number of morpholine rings is 1. The van der Waals surface area contributed by atoms with E-state index >= 15 is 0 Å². The van der Waals surface area contributed by atoms with Crippen molar-refractivity contribution >= 4 is 28.4 Å². The van der Waals surface area contributed by atoms with Crippen LogP contribution >= 0.6 is 0 Å². The van der Waals surface area contributed by atoms with E-state index in [1.807, 2.05) is 6.92 Å². The van der Waals surface area contributed by atoms with Gasteiger partial charge in [0.15, 0.2) is 11.6 Å². The normalized spacial score (nSPS) is 21.1. The Morgan fingerprint density at radius 3 is 2.76 bits per heavy atom. The van der Waals surface area contributed by atoms with E-state index in [1.54, 1.807) is 36.3 Å². The number of nitrogens with zero attached hydrogens (tertiary/aromatic N) is 5. The van der Waals surface area contributed by atoms with Crippen molar-refractivity contribution in [3.63, 3.8) is 0 Å². The van der Waals surface area contributed by atoms with Crippen LogP contribution in [0.15, 0.2) is 30.6 Å². The third-order valence-electron chi connectivity index (χ3n) is 5.95. The highest BCUT2D eigenvalue weighted by Gasteiger charge is 2.39. The van der Waals surface area contributed by atoms with E-state index in [1.165, 1.54) is 6.20 Å². The van der Waals surface area contributed by atoms with Crippen LogP contribution in [0.2, 0.25) is 0 Å². The van der Waals surface area contributed by atoms with Crippen LogP contribution in [0.5, 0.6) is 0 Å². The average Bonchev–Trinajstić information content (AvgIpc) is 3.64. The number of amides is 1. The molecule has 2 aliphatic rings. The Kier molecular flexibility index (Phi) is 5.66. The molecule has 0 aromatic carbocycles. The monoisotopic (exact) mass is 459 g/mol. The Labute approximate surface area is 201 Å². The first-order chi connectivity index (χ1) is 17.4. The van der Waals surface area contributed by atoms with E-state index in [-0.39, 0.29) is 11.8 Å². The van der Waals surface area contributed by atoms with E-state index in [9.17, 15) is 4.79 Å². The fraction of sp³-hybridized carbons (Fsp3) is 0.400. The van der Waals surface area contributed by atoms with Gasteiger partial charge in [-0.15, -0.1) is 10.2 Å². The number of carbonyl (C=O) groups excluding carboxylic acids is 1. The van der Waals surface area contributed by atoms with E-state index in [4.69, 9.17) is 7.48 Å². The zero-order valence-corrected chi connectivity index (χ0v) is 19.1. The molecule has 1 saturated carbocycles. The molecular weight excluding hydrogens is 430 g/mol. The van der Waals surface area contributed by atoms with Gasteiger partial charge >= 0.3 is 0 Å². The Morgan fingerprint density at radius 2 is 2.06 bits per heavy atom. The Hall–Kier alpha value is -3.61. The SMILES string of the molecule is [2H]C([2H])(c1ccc(C#Cc2cnc(NC)c3nnc(NC(=O)[C@H]4C[C@H]4C)cc23)nc1)N1CCOCC1. The maximum Gasteiger partial charge on any atom is 0.228 e. The van der Waals surface area contributed by atoms with Crippen molar-refractivity contribution in [3.8, 4) is 11.8 Å². The van der Waals surface area contributed by atoms with Crippen LogP contribution in [0.25, 0.3) is 10.9 Å². The first-order valence-electron chi connectivity index (χ1n) is 12.3. The van der Waals surface area contributed by atoms with Crippen LogP contribution in [-0.4, -0.2) is 64.3 Å². The standard InChI is InChI=1S/C25H27N7O2/c1-16-11-20(16)25(33)29-22-12-21-18(14-28-24(26-2)23(21)31-30-22)4-6-19-5-3-17(13-27-19)15-32-7-9-34-10-8-32/h3,5,12-14,16,20H,7-11,15H2,1-2H3,(H,26,28)(H,29,30,33)/t16-,20+/m1/s1/i15D2. The Balaban J connectivity index is 1.41. The number of aromatic nitrogens is 4. The third-order valence-corrected chi connectivity index (χ3v) is 5.95. The highest BCUT2D eigenvalue weighted by Crippen LogP contribution is 2.38. The van der Waals surface area contributed by atoms with E-state index in [0.29, 0.717) is 71.6 Å². The van der Waals surface area contributed by atoms with Gasteiger partial charge in [0.1, 0.15) is 11.2 Å². The first-order valence-corrected chi connectivity index (χ1v) is 11.3. The van der Waals surface area contributed by atoms with Crippen LogP contribution in [0.1, 0.15) is 32.9 Å². The number of fused-ring (bicyclic) bond motifs is 1. The van der Waals surface area contributed by atoms with Gasteiger partial charge in [0.25, 0.3) is 0 Å². The van der Waals surface area contributed by atoms with Crippen LogP contribution in [0, 0.1) is 23.7 Å². The number of carbonyl (C=O) groups is 1. The highest BCUT2D eigenvalue weighted by molar-refractivity contribution is 5.97. The Morgan fingerprint density at radius 1 is 1.24 bits per heavy atom. The molecule has 1 aliphatic heterocycles. The molecule has 5 rings (SSSR count). The van der Waals surface area contributed by atoms with Crippen molar-refractivity contribution in [1.29, 1.82) is 0 Å². The van der Waals surface area contributed by atoms with Gasteiger partial charge in [-0.2, -0.15) is 0 Å². The molecule has 3 aromatic rings. The summed E-state index contributed by atoms with van der Waals surface area (Å²) in [5.74, 6) is 7.42. The number of hydrogen-bond donors (Lipinski definition) is 2. The molecule has 0 unspecified atom stereocenters. The maximum atomic E-state index is 12.4. The number of rotatable bonds is 5. The maximum absolute atomic E-state index is 12.4. The molecule has 34 heavy (non-hydrogen) atoms. The molecule has 3 aromatic heterocycles. The molecule has 1 saturated heterocycles. The summed E-state index contributed by atoms with van der Waals surface area (Å²) in [4.78, 5) is 22.9. The summed E-state index contributed by atoms with van der Waals surface area (Å²) < 4.78 is 22.4. The summed E-state index contributed by atoms with van der Waals surface area (Å²) in [6, 6.07) is 5.18. The summed E-state index contributed by atoms with van der Waals surface area (Å²) in [5, 5.41) is 15.0. The largest absolute Gasteiger partial charge is 0.379 e. The summed E-state index contributed by atoms with van der Waals surface area (Å²) >= 11 is 0. The second-order valence-corrected chi connectivity index (χ2v) is 8.46. The van der Waals surface area contributed by atoms with Crippen LogP contribution in [-0.2, 0) is 16.0 Å². The van der Waals surface area contributed by atoms with Crippen molar-refractivity contribution in [2.24, 2.45) is 11.8 Å². The molecule has 9 heteroatoms. The molecule has 1 aliphatic carbocycles. The molecule has 0 radical (unpaired) electrons. The van der Waals surface area contributed by atoms with Crippen molar-refractivity contribution in [3.05, 3.63) is 47.4 Å². The minimum atomic E-state index is -1.64. The predicted octanol–water partition coefficient (Wildman–Crippen LogP) is 2.29. The molecule has 0 spiro atoms. The molecule has 1 amide bonds. The van der Waals surface area contributed by atoms with Gasteiger partial charge in [0, 0.05) is 53.1 Å². The fourth-order valence-corrected chi connectivity index (χ4v) is 3.80.